The van der Waals surface area contributed by atoms with Crippen molar-refractivity contribution >= 4 is 5.91 Å². The number of primary amides is 1. The van der Waals surface area contributed by atoms with Crippen molar-refractivity contribution < 1.29 is 9.53 Å². The van der Waals surface area contributed by atoms with E-state index in [4.69, 9.17) is 16.2 Å². The van der Waals surface area contributed by atoms with Gasteiger partial charge in [-0.25, -0.2) is 0 Å². The number of hydrogen-bond donors (Lipinski definition) is 2. The topological polar surface area (TPSA) is 78.3 Å². The molecule has 20 heavy (non-hydrogen) atoms. The Bertz CT molecular complexity index is 440. The number of carbonyl (C=O) groups is 1. The van der Waals surface area contributed by atoms with Gasteiger partial charge in [-0.3, -0.25) is 4.79 Å². The molecule has 0 heterocycles. The van der Waals surface area contributed by atoms with Crippen molar-refractivity contribution in [1.82, 2.24) is 0 Å². The summed E-state index contributed by atoms with van der Waals surface area (Å²) in [6.45, 7) is 2.40. The SMILES string of the molecule is Cc1ccc(COC(C(N)=O)C(N)CC2CCC2)cc1. The first-order valence-electron chi connectivity index (χ1n) is 7.28. The van der Waals surface area contributed by atoms with Gasteiger partial charge >= 0.3 is 0 Å². The van der Waals surface area contributed by atoms with Crippen LogP contribution in [-0.4, -0.2) is 18.1 Å². The van der Waals surface area contributed by atoms with Crippen LogP contribution in [0.5, 0.6) is 0 Å². The summed E-state index contributed by atoms with van der Waals surface area (Å²) in [7, 11) is 0. The van der Waals surface area contributed by atoms with E-state index < -0.39 is 12.0 Å². The monoisotopic (exact) mass is 276 g/mol. The van der Waals surface area contributed by atoms with Gasteiger partial charge in [0.05, 0.1) is 6.61 Å². The molecule has 0 bridgehead atoms. The van der Waals surface area contributed by atoms with E-state index in [1.807, 2.05) is 31.2 Å². The van der Waals surface area contributed by atoms with E-state index >= 15 is 0 Å². The van der Waals surface area contributed by atoms with Crippen LogP contribution < -0.4 is 11.5 Å². The standard InChI is InChI=1S/C16H24N2O2/c1-11-5-7-13(8-6-11)10-20-15(16(18)19)14(17)9-12-3-2-4-12/h5-8,12,14-15H,2-4,9-10,17H2,1H3,(H2,18,19). The Morgan fingerprint density at radius 3 is 2.50 bits per heavy atom. The van der Waals surface area contributed by atoms with Crippen molar-refractivity contribution in [3.8, 4) is 0 Å². The molecule has 0 aliphatic heterocycles. The molecule has 1 aromatic carbocycles. The number of hydrogen-bond acceptors (Lipinski definition) is 3. The van der Waals surface area contributed by atoms with Crippen molar-refractivity contribution in [3.05, 3.63) is 35.4 Å². The average Bonchev–Trinajstić information content (AvgIpc) is 2.36. The molecule has 0 saturated heterocycles. The highest BCUT2D eigenvalue weighted by molar-refractivity contribution is 5.79. The normalized spacial score (nSPS) is 18.3. The summed E-state index contributed by atoms with van der Waals surface area (Å²) in [5, 5.41) is 0. The highest BCUT2D eigenvalue weighted by Gasteiger charge is 2.29. The summed E-state index contributed by atoms with van der Waals surface area (Å²) < 4.78 is 5.66. The molecule has 1 saturated carbocycles. The van der Waals surface area contributed by atoms with Crippen molar-refractivity contribution in [1.29, 1.82) is 0 Å². The zero-order chi connectivity index (χ0) is 14.5. The van der Waals surface area contributed by atoms with Gasteiger partial charge in [-0.2, -0.15) is 0 Å². The van der Waals surface area contributed by atoms with Gasteiger partial charge in [-0.15, -0.1) is 0 Å². The van der Waals surface area contributed by atoms with E-state index in [1.54, 1.807) is 0 Å². The van der Waals surface area contributed by atoms with Gasteiger partial charge in [0.15, 0.2) is 6.10 Å². The van der Waals surface area contributed by atoms with Gasteiger partial charge < -0.3 is 16.2 Å². The Hall–Kier alpha value is -1.39. The lowest BCUT2D eigenvalue weighted by Gasteiger charge is -2.30. The summed E-state index contributed by atoms with van der Waals surface area (Å²) in [5.74, 6) is 0.166. The fourth-order valence-corrected chi connectivity index (χ4v) is 2.52. The van der Waals surface area contributed by atoms with Gasteiger partial charge in [0.2, 0.25) is 5.91 Å². The molecule has 1 aliphatic rings. The van der Waals surface area contributed by atoms with E-state index in [0.29, 0.717) is 12.5 Å². The molecule has 0 radical (unpaired) electrons. The summed E-state index contributed by atoms with van der Waals surface area (Å²) in [6, 6.07) is 7.72. The Morgan fingerprint density at radius 1 is 1.35 bits per heavy atom. The van der Waals surface area contributed by atoms with Crippen LogP contribution >= 0.6 is 0 Å². The first-order valence-corrected chi connectivity index (χ1v) is 7.28. The quantitative estimate of drug-likeness (QED) is 0.798. The molecule has 1 amide bonds. The van der Waals surface area contributed by atoms with Crippen LogP contribution in [0.1, 0.15) is 36.8 Å². The smallest absolute Gasteiger partial charge is 0.248 e. The second kappa shape index (κ2) is 6.86. The van der Waals surface area contributed by atoms with E-state index in [1.165, 1.54) is 24.8 Å². The van der Waals surface area contributed by atoms with Crippen LogP contribution in [0, 0.1) is 12.8 Å². The third kappa shape index (κ3) is 4.05. The fourth-order valence-electron chi connectivity index (χ4n) is 2.52. The molecule has 0 spiro atoms. The minimum absolute atomic E-state index is 0.303. The van der Waals surface area contributed by atoms with E-state index in [9.17, 15) is 4.79 Å². The summed E-state index contributed by atoms with van der Waals surface area (Å²) in [4.78, 5) is 11.5. The Balaban J connectivity index is 1.87. The average molecular weight is 276 g/mol. The summed E-state index contributed by atoms with van der Waals surface area (Å²) in [5.41, 5.74) is 13.7. The molecule has 2 unspecified atom stereocenters. The van der Waals surface area contributed by atoms with Crippen molar-refractivity contribution in [2.24, 2.45) is 17.4 Å². The number of nitrogens with two attached hydrogens (primary N) is 2. The predicted octanol–water partition coefficient (Wildman–Crippen LogP) is 1.88. The maximum Gasteiger partial charge on any atom is 0.248 e. The number of ether oxygens (including phenoxy) is 1. The zero-order valence-corrected chi connectivity index (χ0v) is 12.0. The highest BCUT2D eigenvalue weighted by Crippen LogP contribution is 2.30. The second-order valence-corrected chi connectivity index (χ2v) is 5.82. The van der Waals surface area contributed by atoms with E-state index in [-0.39, 0.29) is 6.04 Å². The first kappa shape index (κ1) is 15.0. The minimum Gasteiger partial charge on any atom is -0.367 e. The molecule has 4 N–H and O–H groups in total. The first-order chi connectivity index (χ1) is 9.56. The number of aryl methyl sites for hydroxylation is 1. The lowest BCUT2D eigenvalue weighted by Crippen LogP contribution is -2.47. The van der Waals surface area contributed by atoms with E-state index in [0.717, 1.165) is 12.0 Å². The molecule has 1 fully saturated rings. The molecule has 1 aromatic rings. The van der Waals surface area contributed by atoms with Crippen molar-refractivity contribution in [2.45, 2.75) is 51.4 Å². The maximum atomic E-state index is 11.5. The molecular formula is C16H24N2O2. The van der Waals surface area contributed by atoms with Crippen LogP contribution in [0.4, 0.5) is 0 Å². The molecule has 2 rings (SSSR count). The van der Waals surface area contributed by atoms with Gasteiger partial charge in [-0.1, -0.05) is 49.1 Å². The molecule has 4 nitrogen and oxygen atoms in total. The van der Waals surface area contributed by atoms with E-state index in [2.05, 4.69) is 0 Å². The Kier molecular flexibility index (Phi) is 5.15. The molecular weight excluding hydrogens is 252 g/mol. The van der Waals surface area contributed by atoms with Gasteiger partial charge in [0.1, 0.15) is 0 Å². The molecule has 1 aliphatic carbocycles. The third-order valence-corrected chi connectivity index (χ3v) is 4.05. The van der Waals surface area contributed by atoms with Crippen LogP contribution in [0.15, 0.2) is 24.3 Å². The molecule has 0 aromatic heterocycles. The summed E-state index contributed by atoms with van der Waals surface area (Å²) in [6.07, 6.45) is 3.80. The third-order valence-electron chi connectivity index (χ3n) is 4.05. The number of amides is 1. The van der Waals surface area contributed by atoms with Crippen molar-refractivity contribution in [2.75, 3.05) is 0 Å². The fraction of sp³-hybridized carbons (Fsp3) is 0.562. The zero-order valence-electron chi connectivity index (χ0n) is 12.0. The predicted molar refractivity (Wildman–Crippen MR) is 78.9 cm³/mol. The molecule has 2 atom stereocenters. The van der Waals surface area contributed by atoms with Crippen LogP contribution in [0.2, 0.25) is 0 Å². The van der Waals surface area contributed by atoms with Gasteiger partial charge in [0, 0.05) is 6.04 Å². The Labute approximate surface area is 120 Å². The van der Waals surface area contributed by atoms with Gasteiger partial charge in [-0.05, 0) is 24.8 Å². The molecule has 4 heteroatoms. The van der Waals surface area contributed by atoms with Crippen molar-refractivity contribution in [3.63, 3.8) is 0 Å². The lowest BCUT2D eigenvalue weighted by molar-refractivity contribution is -0.132. The maximum absolute atomic E-state index is 11.5. The lowest BCUT2D eigenvalue weighted by atomic mass is 9.80. The van der Waals surface area contributed by atoms with Crippen LogP contribution in [-0.2, 0) is 16.1 Å². The number of rotatable bonds is 7. The largest absolute Gasteiger partial charge is 0.367 e. The van der Waals surface area contributed by atoms with Gasteiger partial charge in [0.25, 0.3) is 0 Å². The minimum atomic E-state index is -0.697. The molecule has 110 valence electrons. The van der Waals surface area contributed by atoms with Crippen LogP contribution in [0.25, 0.3) is 0 Å². The number of carbonyl (C=O) groups excluding carboxylic acids is 1. The number of benzene rings is 1. The van der Waals surface area contributed by atoms with Crippen LogP contribution in [0.3, 0.4) is 0 Å². The highest BCUT2D eigenvalue weighted by atomic mass is 16.5. The Morgan fingerprint density at radius 2 is 2.00 bits per heavy atom. The summed E-state index contributed by atoms with van der Waals surface area (Å²) >= 11 is 0. The second-order valence-electron chi connectivity index (χ2n) is 5.82.